The summed E-state index contributed by atoms with van der Waals surface area (Å²) in [6.07, 6.45) is 4.38. The van der Waals surface area contributed by atoms with E-state index < -0.39 is 4.92 Å². The molecule has 8 nitrogen and oxygen atoms in total. The average Bonchev–Trinajstić information content (AvgIpc) is 3.56. The van der Waals surface area contributed by atoms with E-state index in [9.17, 15) is 14.9 Å². The minimum Gasteiger partial charge on any atom is -0.488 e. The molecule has 4 aromatic carbocycles. The number of rotatable bonds is 9. The van der Waals surface area contributed by atoms with Crippen LogP contribution in [0.3, 0.4) is 0 Å². The number of nitro benzene ring substituents is 1. The van der Waals surface area contributed by atoms with Gasteiger partial charge in [-0.1, -0.05) is 57.9 Å². The highest BCUT2D eigenvalue weighted by Gasteiger charge is 2.33. The highest BCUT2D eigenvalue weighted by atomic mass is 79.9. The zero-order valence-electron chi connectivity index (χ0n) is 23.1. The van der Waals surface area contributed by atoms with Crippen molar-refractivity contribution in [1.82, 2.24) is 9.88 Å². The molecule has 0 spiro atoms. The number of carbonyl (C=O) groups is 1. The molecule has 1 aromatic heterocycles. The molecule has 1 saturated heterocycles. The Hall–Kier alpha value is -4.38. The topological polar surface area (TPSA) is 101 Å². The second-order valence-corrected chi connectivity index (χ2v) is 12.3. The van der Waals surface area contributed by atoms with Crippen molar-refractivity contribution in [1.29, 1.82) is 0 Å². The van der Waals surface area contributed by atoms with E-state index in [1.165, 1.54) is 23.9 Å². The number of hydrogen-bond donors (Lipinski definition) is 1. The van der Waals surface area contributed by atoms with Gasteiger partial charge in [0.05, 0.1) is 15.5 Å². The van der Waals surface area contributed by atoms with Gasteiger partial charge in [-0.3, -0.25) is 19.8 Å². The van der Waals surface area contributed by atoms with Crippen LogP contribution in [0.4, 0.5) is 11.4 Å². The van der Waals surface area contributed by atoms with Crippen LogP contribution in [0.2, 0.25) is 5.02 Å². The number of aromatic nitrogens is 1. The van der Waals surface area contributed by atoms with Crippen LogP contribution >= 0.6 is 39.3 Å². The van der Waals surface area contributed by atoms with Crippen molar-refractivity contribution in [3.8, 4) is 5.75 Å². The lowest BCUT2D eigenvalue weighted by atomic mass is 10.1. The minimum absolute atomic E-state index is 0.0262. The number of amidine groups is 1. The number of H-pyrrole nitrogens is 1. The second-order valence-electron chi connectivity index (χ2n) is 9.94. The maximum Gasteiger partial charge on any atom is 0.269 e. The van der Waals surface area contributed by atoms with Crippen molar-refractivity contribution in [2.75, 3.05) is 6.54 Å². The number of benzene rings is 4. The number of aliphatic imine (C=N–C) groups is 1. The monoisotopic (exact) mass is 686 g/mol. The molecule has 0 atom stereocenters. The summed E-state index contributed by atoms with van der Waals surface area (Å²) in [6.45, 7) is 0.731. The number of nitrogens with one attached hydrogen (secondary N) is 1. The van der Waals surface area contributed by atoms with Gasteiger partial charge in [0.25, 0.3) is 11.6 Å². The number of non-ortho nitro benzene ring substituents is 1. The first kappa shape index (κ1) is 29.7. The van der Waals surface area contributed by atoms with E-state index in [1.54, 1.807) is 17.0 Å². The van der Waals surface area contributed by atoms with Crippen LogP contribution < -0.4 is 4.74 Å². The fraction of sp³-hybridized carbons (Fsp3) is 0.0909. The number of para-hydroxylation sites is 1. The SMILES string of the molecule is O=C1/C(=C/c2cc(Br)ccc2OCc2ccc(Cl)cc2)SC(=Nc2ccc([N+](=O)[O-])cc2)N1CCc1c[nH]c2ccccc12. The number of fused-ring (bicyclic) bond motifs is 1. The normalized spacial score (nSPS) is 15.0. The largest absolute Gasteiger partial charge is 0.488 e. The van der Waals surface area contributed by atoms with Gasteiger partial charge in [0.1, 0.15) is 12.4 Å². The molecule has 5 aromatic rings. The molecule has 1 fully saturated rings. The van der Waals surface area contributed by atoms with Crippen molar-refractivity contribution in [2.24, 2.45) is 4.99 Å². The van der Waals surface area contributed by atoms with E-state index in [-0.39, 0.29) is 11.6 Å². The molecule has 0 aliphatic carbocycles. The van der Waals surface area contributed by atoms with Crippen molar-refractivity contribution < 1.29 is 14.5 Å². The van der Waals surface area contributed by atoms with E-state index >= 15 is 0 Å². The molecule has 1 aliphatic rings. The number of nitrogens with zero attached hydrogens (tertiary/aromatic N) is 3. The Bertz CT molecular complexity index is 1920. The van der Waals surface area contributed by atoms with Crippen LogP contribution in [0.25, 0.3) is 17.0 Å². The molecule has 11 heteroatoms. The molecule has 1 N–H and O–H groups in total. The third-order valence-electron chi connectivity index (χ3n) is 7.02. The number of carbonyl (C=O) groups excluding carboxylic acids is 1. The van der Waals surface area contributed by atoms with Gasteiger partial charge in [-0.15, -0.1) is 0 Å². The Balaban J connectivity index is 1.30. The second kappa shape index (κ2) is 13.1. The predicted octanol–water partition coefficient (Wildman–Crippen LogP) is 8.92. The third-order valence-corrected chi connectivity index (χ3v) is 8.77. The van der Waals surface area contributed by atoms with Gasteiger partial charge < -0.3 is 9.72 Å². The standard InChI is InChI=1S/C33H24BrClN4O4S/c34-24-7-14-30(43-20-21-5-8-25(35)9-6-21)23(17-24)18-31-32(40)38(16-15-22-19-36-29-4-2-1-3-28(22)29)33(44-31)37-26-10-12-27(13-11-26)39(41)42/h1-14,17-19,36H,15-16,20H2/b31-18-,37-33?. The molecule has 0 saturated carbocycles. The molecular formula is C33H24BrClN4O4S. The highest BCUT2D eigenvalue weighted by Crippen LogP contribution is 2.37. The Kier molecular flexibility index (Phi) is 8.83. The van der Waals surface area contributed by atoms with E-state index in [1.807, 2.05) is 72.9 Å². The number of aromatic amines is 1. The summed E-state index contributed by atoms with van der Waals surface area (Å²) in [7, 11) is 0. The average molecular weight is 688 g/mol. The van der Waals surface area contributed by atoms with E-state index in [0.717, 1.165) is 32.1 Å². The summed E-state index contributed by atoms with van der Waals surface area (Å²) >= 11 is 10.8. The molecule has 0 unspecified atom stereocenters. The Morgan fingerprint density at radius 2 is 1.82 bits per heavy atom. The Labute approximate surface area is 270 Å². The van der Waals surface area contributed by atoms with E-state index in [0.29, 0.717) is 46.1 Å². The summed E-state index contributed by atoms with van der Waals surface area (Å²) in [5.74, 6) is 0.439. The molecule has 2 heterocycles. The van der Waals surface area contributed by atoms with Gasteiger partial charge in [0.15, 0.2) is 5.17 Å². The van der Waals surface area contributed by atoms with E-state index in [4.69, 9.17) is 21.3 Å². The number of nitro groups is 1. The minimum atomic E-state index is -0.455. The van der Waals surface area contributed by atoms with Gasteiger partial charge in [-0.25, -0.2) is 4.99 Å². The third kappa shape index (κ3) is 6.72. The number of ether oxygens (including phenoxy) is 1. The fourth-order valence-corrected chi connectivity index (χ4v) is 6.29. The zero-order chi connectivity index (χ0) is 30.6. The first-order valence-electron chi connectivity index (χ1n) is 13.6. The van der Waals surface area contributed by atoms with Crippen LogP contribution in [-0.4, -0.2) is 32.4 Å². The lowest BCUT2D eigenvalue weighted by molar-refractivity contribution is -0.384. The summed E-state index contributed by atoms with van der Waals surface area (Å²) in [5.41, 5.74) is 4.31. The smallest absolute Gasteiger partial charge is 0.269 e. The lowest BCUT2D eigenvalue weighted by Gasteiger charge is -2.15. The summed E-state index contributed by atoms with van der Waals surface area (Å²) < 4.78 is 6.99. The van der Waals surface area contributed by atoms with Gasteiger partial charge in [0, 0.05) is 50.8 Å². The quantitative estimate of drug-likeness (QED) is 0.0948. The predicted molar refractivity (Wildman–Crippen MR) is 179 cm³/mol. The fourth-order valence-electron chi connectivity index (χ4n) is 4.77. The zero-order valence-corrected chi connectivity index (χ0v) is 26.2. The molecular weight excluding hydrogens is 664 g/mol. The molecule has 0 bridgehead atoms. The summed E-state index contributed by atoms with van der Waals surface area (Å²) in [6, 6.07) is 27.1. The van der Waals surface area contributed by atoms with Crippen LogP contribution in [0.1, 0.15) is 16.7 Å². The van der Waals surface area contributed by atoms with Crippen molar-refractivity contribution in [2.45, 2.75) is 13.0 Å². The molecule has 0 radical (unpaired) electrons. The lowest BCUT2D eigenvalue weighted by Crippen LogP contribution is -2.31. The van der Waals surface area contributed by atoms with Crippen molar-refractivity contribution >= 4 is 78.7 Å². The van der Waals surface area contributed by atoms with Crippen LogP contribution in [0.15, 0.2) is 112 Å². The molecule has 1 aliphatic heterocycles. The van der Waals surface area contributed by atoms with Gasteiger partial charge in [0.2, 0.25) is 0 Å². The number of amides is 1. The molecule has 220 valence electrons. The summed E-state index contributed by atoms with van der Waals surface area (Å²) in [5, 5.41) is 13.4. The van der Waals surface area contributed by atoms with Crippen LogP contribution in [-0.2, 0) is 17.8 Å². The number of thioether (sulfide) groups is 1. The Morgan fingerprint density at radius 1 is 1.05 bits per heavy atom. The first-order valence-corrected chi connectivity index (χ1v) is 15.6. The van der Waals surface area contributed by atoms with Gasteiger partial charge in [-0.2, -0.15) is 0 Å². The van der Waals surface area contributed by atoms with Crippen molar-refractivity contribution in [3.05, 3.63) is 138 Å². The molecule has 1 amide bonds. The number of halogens is 2. The van der Waals surface area contributed by atoms with Gasteiger partial charge >= 0.3 is 0 Å². The van der Waals surface area contributed by atoms with Crippen molar-refractivity contribution in [3.63, 3.8) is 0 Å². The van der Waals surface area contributed by atoms with Crippen LogP contribution in [0, 0.1) is 10.1 Å². The number of hydrogen-bond acceptors (Lipinski definition) is 6. The maximum atomic E-state index is 13.9. The molecule has 6 rings (SSSR count). The Morgan fingerprint density at radius 3 is 2.59 bits per heavy atom. The van der Waals surface area contributed by atoms with Gasteiger partial charge in [-0.05, 0) is 83.9 Å². The summed E-state index contributed by atoms with van der Waals surface area (Å²) in [4.78, 5) is 34.7. The molecule has 44 heavy (non-hydrogen) atoms. The maximum absolute atomic E-state index is 13.9. The van der Waals surface area contributed by atoms with E-state index in [2.05, 4.69) is 27.0 Å². The van der Waals surface area contributed by atoms with Crippen LogP contribution in [0.5, 0.6) is 5.75 Å². The first-order chi connectivity index (χ1) is 21.3. The highest BCUT2D eigenvalue weighted by molar-refractivity contribution is 9.10.